The minimum atomic E-state index is -0.686. The highest BCUT2D eigenvalue weighted by molar-refractivity contribution is 5.81. The molecule has 130 valence electrons. The van der Waals surface area contributed by atoms with Gasteiger partial charge in [0.2, 0.25) is 5.91 Å². The lowest BCUT2D eigenvalue weighted by Gasteiger charge is -2.15. The fraction of sp³-hybridized carbons (Fsp3) is 0.167. The van der Waals surface area contributed by atoms with Gasteiger partial charge in [-0.05, 0) is 25.1 Å². The first kappa shape index (κ1) is 15.9. The molecule has 0 aliphatic rings. The average Bonchev–Trinajstić information content (AvgIpc) is 3.09. The van der Waals surface area contributed by atoms with E-state index in [9.17, 15) is 9.59 Å². The van der Waals surface area contributed by atoms with Crippen LogP contribution in [-0.4, -0.2) is 30.1 Å². The molecule has 1 amide bonds. The summed E-state index contributed by atoms with van der Waals surface area (Å²) in [6, 6.07) is 8.16. The van der Waals surface area contributed by atoms with Gasteiger partial charge >= 0.3 is 0 Å². The molecule has 26 heavy (non-hydrogen) atoms. The van der Waals surface area contributed by atoms with Crippen molar-refractivity contribution in [3.63, 3.8) is 0 Å². The molecule has 0 unspecified atom stereocenters. The van der Waals surface area contributed by atoms with Crippen molar-refractivity contribution in [3.05, 3.63) is 71.2 Å². The second-order valence-corrected chi connectivity index (χ2v) is 5.93. The van der Waals surface area contributed by atoms with E-state index in [1.807, 2.05) is 6.07 Å². The molecule has 4 rings (SSSR count). The zero-order valence-corrected chi connectivity index (χ0v) is 14.0. The number of benzene rings is 1. The van der Waals surface area contributed by atoms with Crippen molar-refractivity contribution in [1.82, 2.24) is 29.5 Å². The highest BCUT2D eigenvalue weighted by Crippen LogP contribution is 2.10. The van der Waals surface area contributed by atoms with Crippen LogP contribution in [0.2, 0.25) is 0 Å². The van der Waals surface area contributed by atoms with Crippen molar-refractivity contribution >= 4 is 22.5 Å². The van der Waals surface area contributed by atoms with Gasteiger partial charge < -0.3 is 5.32 Å². The van der Waals surface area contributed by atoms with Crippen molar-refractivity contribution < 1.29 is 4.79 Å². The van der Waals surface area contributed by atoms with E-state index >= 15 is 0 Å². The Morgan fingerprint density at radius 3 is 2.96 bits per heavy atom. The SMILES string of the molecule is C[C@@H](C(=O)NCc1cnn2cccnc12)n1cnc2ccccc2c1=O. The Labute approximate surface area is 148 Å². The minimum Gasteiger partial charge on any atom is -0.350 e. The average molecular weight is 348 g/mol. The summed E-state index contributed by atoms with van der Waals surface area (Å²) in [7, 11) is 0. The molecule has 0 fully saturated rings. The molecule has 8 nitrogen and oxygen atoms in total. The third kappa shape index (κ3) is 2.71. The van der Waals surface area contributed by atoms with E-state index in [2.05, 4.69) is 20.4 Å². The molecule has 0 saturated carbocycles. The second kappa shape index (κ2) is 6.40. The van der Waals surface area contributed by atoms with Crippen LogP contribution >= 0.6 is 0 Å². The lowest BCUT2D eigenvalue weighted by molar-refractivity contribution is -0.124. The summed E-state index contributed by atoms with van der Waals surface area (Å²) in [4.78, 5) is 33.6. The smallest absolute Gasteiger partial charge is 0.261 e. The summed E-state index contributed by atoms with van der Waals surface area (Å²) >= 11 is 0. The van der Waals surface area contributed by atoms with E-state index in [4.69, 9.17) is 0 Å². The number of nitrogens with one attached hydrogen (secondary N) is 1. The summed E-state index contributed by atoms with van der Waals surface area (Å²) in [5.41, 5.74) is 1.86. The minimum absolute atomic E-state index is 0.240. The maximum absolute atomic E-state index is 12.6. The zero-order valence-electron chi connectivity index (χ0n) is 14.0. The number of aromatic nitrogens is 5. The van der Waals surface area contributed by atoms with Crippen LogP contribution in [-0.2, 0) is 11.3 Å². The Balaban J connectivity index is 1.55. The Bertz CT molecular complexity index is 1160. The predicted octanol–water partition coefficient (Wildman–Crippen LogP) is 1.32. The molecular weight excluding hydrogens is 332 g/mol. The standard InChI is InChI=1S/C18H16N6O2/c1-12(23-11-21-15-6-3-2-5-14(15)18(23)26)17(25)20-9-13-10-22-24-8-4-7-19-16(13)24/h2-8,10-12H,9H2,1H3,(H,20,25)/t12-/m0/s1. The largest absolute Gasteiger partial charge is 0.350 e. The van der Waals surface area contributed by atoms with Crippen LogP contribution in [0.3, 0.4) is 0 Å². The molecule has 1 aromatic carbocycles. The number of fused-ring (bicyclic) bond motifs is 2. The third-order valence-corrected chi connectivity index (χ3v) is 4.29. The molecule has 0 aliphatic carbocycles. The summed E-state index contributed by atoms with van der Waals surface area (Å²) in [5.74, 6) is -0.278. The molecular formula is C18H16N6O2. The Kier molecular flexibility index (Phi) is 3.92. The Morgan fingerprint density at radius 2 is 2.08 bits per heavy atom. The summed E-state index contributed by atoms with van der Waals surface area (Å²) < 4.78 is 2.98. The number of hydrogen-bond acceptors (Lipinski definition) is 5. The molecule has 0 spiro atoms. The molecule has 3 heterocycles. The topological polar surface area (TPSA) is 94.2 Å². The van der Waals surface area contributed by atoms with E-state index in [-0.39, 0.29) is 18.0 Å². The Hall–Kier alpha value is -3.55. The summed E-state index contributed by atoms with van der Waals surface area (Å²) in [6.07, 6.45) is 6.53. The highest BCUT2D eigenvalue weighted by Gasteiger charge is 2.18. The van der Waals surface area contributed by atoms with Gasteiger partial charge in [-0.25, -0.2) is 14.5 Å². The lowest BCUT2D eigenvalue weighted by atomic mass is 10.2. The van der Waals surface area contributed by atoms with Crippen molar-refractivity contribution in [3.8, 4) is 0 Å². The van der Waals surface area contributed by atoms with Gasteiger partial charge in [0.1, 0.15) is 6.04 Å². The number of para-hydroxylation sites is 1. The molecule has 1 N–H and O–H groups in total. The van der Waals surface area contributed by atoms with Crippen molar-refractivity contribution in [2.75, 3.05) is 0 Å². The maximum Gasteiger partial charge on any atom is 0.261 e. The van der Waals surface area contributed by atoms with Gasteiger partial charge in [0.15, 0.2) is 5.65 Å². The number of hydrogen-bond donors (Lipinski definition) is 1. The first-order valence-corrected chi connectivity index (χ1v) is 8.16. The molecule has 0 bridgehead atoms. The van der Waals surface area contributed by atoms with Crippen molar-refractivity contribution in [1.29, 1.82) is 0 Å². The van der Waals surface area contributed by atoms with E-state index in [0.29, 0.717) is 16.6 Å². The van der Waals surface area contributed by atoms with Gasteiger partial charge in [0.25, 0.3) is 5.56 Å². The molecule has 3 aromatic heterocycles. The van der Waals surface area contributed by atoms with E-state index in [1.54, 1.807) is 54.3 Å². The van der Waals surface area contributed by atoms with Crippen LogP contribution in [0, 0.1) is 0 Å². The number of carbonyl (C=O) groups excluding carboxylic acids is 1. The van der Waals surface area contributed by atoms with Crippen LogP contribution < -0.4 is 10.9 Å². The van der Waals surface area contributed by atoms with E-state index in [1.165, 1.54) is 10.9 Å². The second-order valence-electron chi connectivity index (χ2n) is 5.93. The summed E-state index contributed by atoms with van der Waals surface area (Å²) in [6.45, 7) is 1.95. The Morgan fingerprint density at radius 1 is 1.23 bits per heavy atom. The van der Waals surface area contributed by atoms with E-state index < -0.39 is 6.04 Å². The van der Waals surface area contributed by atoms with Crippen LogP contribution in [0.5, 0.6) is 0 Å². The molecule has 4 aromatic rings. The van der Waals surface area contributed by atoms with Gasteiger partial charge in [-0.3, -0.25) is 14.2 Å². The summed E-state index contributed by atoms with van der Waals surface area (Å²) in [5, 5.41) is 7.50. The zero-order chi connectivity index (χ0) is 18.1. The van der Waals surface area contributed by atoms with Gasteiger partial charge in [0.05, 0.1) is 23.4 Å². The maximum atomic E-state index is 12.6. The first-order valence-electron chi connectivity index (χ1n) is 8.16. The van der Waals surface area contributed by atoms with Crippen LogP contribution in [0.25, 0.3) is 16.6 Å². The van der Waals surface area contributed by atoms with Crippen LogP contribution in [0.1, 0.15) is 18.5 Å². The third-order valence-electron chi connectivity index (χ3n) is 4.29. The number of rotatable bonds is 4. The van der Waals surface area contributed by atoms with Gasteiger partial charge in [0, 0.05) is 24.5 Å². The highest BCUT2D eigenvalue weighted by atomic mass is 16.2. The van der Waals surface area contributed by atoms with Gasteiger partial charge in [-0.1, -0.05) is 12.1 Å². The monoisotopic (exact) mass is 348 g/mol. The predicted molar refractivity (Wildman–Crippen MR) is 95.5 cm³/mol. The number of nitrogens with zero attached hydrogens (tertiary/aromatic N) is 5. The van der Waals surface area contributed by atoms with Crippen molar-refractivity contribution in [2.45, 2.75) is 19.5 Å². The fourth-order valence-electron chi connectivity index (χ4n) is 2.82. The molecule has 0 radical (unpaired) electrons. The van der Waals surface area contributed by atoms with E-state index in [0.717, 1.165) is 5.56 Å². The quantitative estimate of drug-likeness (QED) is 0.600. The number of amides is 1. The van der Waals surface area contributed by atoms with Crippen LogP contribution in [0.4, 0.5) is 0 Å². The normalized spacial score (nSPS) is 12.3. The molecule has 0 aliphatic heterocycles. The lowest BCUT2D eigenvalue weighted by Crippen LogP contribution is -2.35. The van der Waals surface area contributed by atoms with Gasteiger partial charge in [-0.2, -0.15) is 5.10 Å². The van der Waals surface area contributed by atoms with Gasteiger partial charge in [-0.15, -0.1) is 0 Å². The fourth-order valence-corrected chi connectivity index (χ4v) is 2.82. The molecule has 8 heteroatoms. The first-order chi connectivity index (χ1) is 12.6. The molecule has 1 atom stereocenters. The van der Waals surface area contributed by atoms with Crippen molar-refractivity contribution in [2.24, 2.45) is 0 Å². The number of carbonyl (C=O) groups is 1. The van der Waals surface area contributed by atoms with Crippen LogP contribution in [0.15, 0.2) is 60.0 Å². The molecule has 0 saturated heterocycles.